The molecule has 2 heterocycles. The third kappa shape index (κ3) is 4.12. The number of furan rings is 1. The number of sulfone groups is 1. The van der Waals surface area contributed by atoms with Gasteiger partial charge in [-0.15, -0.1) is 0 Å². The molecule has 0 bridgehead atoms. The fraction of sp³-hybridized carbons (Fsp3) is 0.667. The zero-order chi connectivity index (χ0) is 13.0. The number of rotatable bonds is 5. The van der Waals surface area contributed by atoms with Crippen LogP contribution in [-0.4, -0.2) is 51.0 Å². The highest BCUT2D eigenvalue weighted by Gasteiger charge is 2.23. The lowest BCUT2D eigenvalue weighted by Crippen LogP contribution is -2.46. The monoisotopic (exact) mass is 272 g/mol. The largest absolute Gasteiger partial charge is 0.472 e. The van der Waals surface area contributed by atoms with Crippen molar-refractivity contribution in [2.24, 2.45) is 0 Å². The van der Waals surface area contributed by atoms with Crippen LogP contribution in [0.2, 0.25) is 0 Å². The average molecular weight is 272 g/mol. The Morgan fingerprint density at radius 3 is 3.06 bits per heavy atom. The molecular weight excluding hydrogens is 252 g/mol. The molecule has 2 rings (SSSR count). The molecule has 0 amide bonds. The highest BCUT2D eigenvalue weighted by atomic mass is 32.2. The van der Waals surface area contributed by atoms with Crippen molar-refractivity contribution in [3.63, 3.8) is 0 Å². The number of nitrogens with zero attached hydrogens (tertiary/aromatic N) is 1. The van der Waals surface area contributed by atoms with Gasteiger partial charge in [-0.25, -0.2) is 8.42 Å². The van der Waals surface area contributed by atoms with Gasteiger partial charge < -0.3 is 14.6 Å². The second kappa shape index (κ2) is 5.86. The summed E-state index contributed by atoms with van der Waals surface area (Å²) in [6, 6.07) is 2.04. The highest BCUT2D eigenvalue weighted by Crippen LogP contribution is 2.08. The quantitative estimate of drug-likeness (QED) is 0.845. The standard InChI is InChI=1S/C12H20N2O3S/c1-14(8-11-3-6-17-9-11)5-2-12-10-18(15,16)7-4-13-12/h3,6,9,12-13H,2,4-5,7-8,10H2,1H3. The van der Waals surface area contributed by atoms with Gasteiger partial charge in [0.15, 0.2) is 9.84 Å². The molecule has 1 saturated heterocycles. The van der Waals surface area contributed by atoms with Crippen LogP contribution < -0.4 is 5.32 Å². The first-order chi connectivity index (χ1) is 8.55. The minimum atomic E-state index is -2.83. The smallest absolute Gasteiger partial charge is 0.153 e. The van der Waals surface area contributed by atoms with Crippen LogP contribution >= 0.6 is 0 Å². The summed E-state index contributed by atoms with van der Waals surface area (Å²) in [7, 11) is -0.794. The first-order valence-corrected chi connectivity index (χ1v) is 8.01. The third-order valence-electron chi connectivity index (χ3n) is 3.19. The van der Waals surface area contributed by atoms with Crippen molar-refractivity contribution in [3.05, 3.63) is 24.2 Å². The Kier molecular flexibility index (Phi) is 4.42. The number of hydrogen-bond donors (Lipinski definition) is 1. The zero-order valence-corrected chi connectivity index (χ0v) is 11.4. The van der Waals surface area contributed by atoms with Gasteiger partial charge in [-0.2, -0.15) is 0 Å². The summed E-state index contributed by atoms with van der Waals surface area (Å²) >= 11 is 0. The van der Waals surface area contributed by atoms with Gasteiger partial charge in [0.05, 0.1) is 24.0 Å². The van der Waals surface area contributed by atoms with E-state index >= 15 is 0 Å². The minimum absolute atomic E-state index is 0.0931. The van der Waals surface area contributed by atoms with Gasteiger partial charge in [0, 0.05) is 24.7 Å². The van der Waals surface area contributed by atoms with Crippen LogP contribution in [0, 0.1) is 0 Å². The third-order valence-corrected chi connectivity index (χ3v) is 4.93. The van der Waals surface area contributed by atoms with Crippen molar-refractivity contribution in [2.75, 3.05) is 31.6 Å². The van der Waals surface area contributed by atoms with E-state index in [2.05, 4.69) is 10.2 Å². The van der Waals surface area contributed by atoms with Crippen LogP contribution in [0.25, 0.3) is 0 Å². The average Bonchev–Trinajstić information content (AvgIpc) is 2.78. The second-order valence-electron chi connectivity index (χ2n) is 4.92. The minimum Gasteiger partial charge on any atom is -0.472 e. The molecule has 0 radical (unpaired) electrons. The predicted octanol–water partition coefficient (Wildman–Crippen LogP) is 0.488. The van der Waals surface area contributed by atoms with Crippen LogP contribution in [-0.2, 0) is 16.4 Å². The molecule has 102 valence electrons. The lowest BCUT2D eigenvalue weighted by Gasteiger charge is -2.25. The Morgan fingerprint density at radius 2 is 2.39 bits per heavy atom. The molecule has 1 aliphatic rings. The van der Waals surface area contributed by atoms with Gasteiger partial charge in [-0.3, -0.25) is 0 Å². The molecule has 6 heteroatoms. The van der Waals surface area contributed by atoms with Gasteiger partial charge >= 0.3 is 0 Å². The zero-order valence-electron chi connectivity index (χ0n) is 10.6. The fourth-order valence-corrected chi connectivity index (χ4v) is 3.70. The Balaban J connectivity index is 1.74. The van der Waals surface area contributed by atoms with Crippen molar-refractivity contribution in [1.29, 1.82) is 0 Å². The summed E-state index contributed by atoms with van der Waals surface area (Å²) in [5.74, 6) is 0.543. The first kappa shape index (κ1) is 13.6. The molecule has 0 spiro atoms. The van der Waals surface area contributed by atoms with E-state index in [4.69, 9.17) is 4.42 Å². The van der Waals surface area contributed by atoms with E-state index in [-0.39, 0.29) is 17.5 Å². The van der Waals surface area contributed by atoms with Crippen molar-refractivity contribution in [1.82, 2.24) is 10.2 Å². The van der Waals surface area contributed by atoms with Crippen molar-refractivity contribution < 1.29 is 12.8 Å². The molecule has 5 nitrogen and oxygen atoms in total. The first-order valence-electron chi connectivity index (χ1n) is 6.18. The molecule has 1 aliphatic heterocycles. The highest BCUT2D eigenvalue weighted by molar-refractivity contribution is 7.91. The molecule has 0 aromatic carbocycles. The van der Waals surface area contributed by atoms with Crippen molar-refractivity contribution in [3.8, 4) is 0 Å². The van der Waals surface area contributed by atoms with Crippen LogP contribution in [0.4, 0.5) is 0 Å². The number of hydrogen-bond acceptors (Lipinski definition) is 5. The van der Waals surface area contributed by atoms with E-state index in [1.165, 1.54) is 0 Å². The Morgan fingerprint density at radius 1 is 1.56 bits per heavy atom. The molecule has 1 aromatic rings. The summed E-state index contributed by atoms with van der Waals surface area (Å²) in [4.78, 5) is 2.17. The maximum absolute atomic E-state index is 11.5. The van der Waals surface area contributed by atoms with Gasteiger partial charge in [-0.1, -0.05) is 0 Å². The molecule has 1 fully saturated rings. The van der Waals surface area contributed by atoms with E-state index in [1.807, 2.05) is 13.1 Å². The summed E-state index contributed by atoms with van der Waals surface area (Å²) in [6.45, 7) is 2.28. The molecule has 1 aromatic heterocycles. The molecule has 0 aliphatic carbocycles. The van der Waals surface area contributed by atoms with Crippen molar-refractivity contribution in [2.45, 2.75) is 19.0 Å². The van der Waals surface area contributed by atoms with E-state index in [0.29, 0.717) is 6.54 Å². The molecule has 1 atom stereocenters. The normalized spacial score (nSPS) is 23.3. The van der Waals surface area contributed by atoms with Gasteiger partial charge in [0.25, 0.3) is 0 Å². The van der Waals surface area contributed by atoms with Gasteiger partial charge in [0.2, 0.25) is 0 Å². The Bertz CT molecular complexity index is 456. The predicted molar refractivity (Wildman–Crippen MR) is 70.1 cm³/mol. The topological polar surface area (TPSA) is 62.6 Å². The van der Waals surface area contributed by atoms with Crippen LogP contribution in [0.3, 0.4) is 0 Å². The van der Waals surface area contributed by atoms with Crippen LogP contribution in [0.1, 0.15) is 12.0 Å². The summed E-state index contributed by atoms with van der Waals surface area (Å²) in [5.41, 5.74) is 1.14. The lowest BCUT2D eigenvalue weighted by atomic mass is 10.2. The summed E-state index contributed by atoms with van der Waals surface area (Å²) in [5, 5.41) is 3.26. The summed E-state index contributed by atoms with van der Waals surface area (Å²) < 4.78 is 28.0. The molecule has 1 unspecified atom stereocenters. The SMILES string of the molecule is CN(CCC1CS(=O)(=O)CCN1)Cc1ccoc1. The molecule has 1 N–H and O–H groups in total. The van der Waals surface area contributed by atoms with E-state index in [0.717, 1.165) is 25.1 Å². The van der Waals surface area contributed by atoms with E-state index in [9.17, 15) is 8.42 Å². The fourth-order valence-electron chi connectivity index (χ4n) is 2.20. The Labute approximate surface area is 108 Å². The number of nitrogens with one attached hydrogen (secondary N) is 1. The summed E-state index contributed by atoms with van der Waals surface area (Å²) in [6.07, 6.45) is 4.26. The molecular formula is C12H20N2O3S. The van der Waals surface area contributed by atoms with E-state index < -0.39 is 9.84 Å². The van der Waals surface area contributed by atoms with Crippen molar-refractivity contribution >= 4 is 9.84 Å². The lowest BCUT2D eigenvalue weighted by molar-refractivity contribution is 0.302. The molecule has 18 heavy (non-hydrogen) atoms. The molecule has 0 saturated carbocycles. The van der Waals surface area contributed by atoms with Gasteiger partial charge in [-0.05, 0) is 26.1 Å². The van der Waals surface area contributed by atoms with Crippen LogP contribution in [0.5, 0.6) is 0 Å². The maximum atomic E-state index is 11.5. The van der Waals surface area contributed by atoms with Gasteiger partial charge in [0.1, 0.15) is 0 Å². The maximum Gasteiger partial charge on any atom is 0.153 e. The van der Waals surface area contributed by atoms with E-state index in [1.54, 1.807) is 12.5 Å². The van der Waals surface area contributed by atoms with Crippen LogP contribution in [0.15, 0.2) is 23.0 Å². The Hall–Kier alpha value is -0.850. The second-order valence-corrected chi connectivity index (χ2v) is 7.15.